The number of nitrogens with zero attached hydrogens (tertiary/aromatic N) is 3. The van der Waals surface area contributed by atoms with Gasteiger partial charge in [-0.15, -0.1) is 0 Å². The molecule has 7 nitrogen and oxygen atoms in total. The van der Waals surface area contributed by atoms with Gasteiger partial charge in [-0.05, 0) is 24.5 Å². The molecule has 4 rings (SSSR count). The standard InChI is InChI=1S/C16H17FN4O3/c17-16(3-4-16)15(23)21-8-11-12(9-21)24-20-13(11)14(22)19-7-10-2-1-5-18-6-10/h1-2,5-6,11-12H,3-4,7-9H2,(H,19,22)/t11-,12+/m0/s1. The predicted octanol–water partition coefficient (Wildman–Crippen LogP) is 0.413. The number of nitrogens with one attached hydrogen (secondary N) is 1. The average molecular weight is 332 g/mol. The molecule has 0 unspecified atom stereocenters. The van der Waals surface area contributed by atoms with Crippen molar-refractivity contribution >= 4 is 17.5 Å². The molecular formula is C16H17FN4O3. The molecular weight excluding hydrogens is 315 g/mol. The summed E-state index contributed by atoms with van der Waals surface area (Å²) >= 11 is 0. The molecule has 1 N–H and O–H groups in total. The lowest BCUT2D eigenvalue weighted by Gasteiger charge is -2.18. The molecule has 3 heterocycles. The van der Waals surface area contributed by atoms with Gasteiger partial charge in [-0.2, -0.15) is 0 Å². The number of hydrogen-bond acceptors (Lipinski definition) is 5. The van der Waals surface area contributed by atoms with E-state index in [0.29, 0.717) is 6.54 Å². The number of oxime groups is 1. The number of aromatic nitrogens is 1. The monoisotopic (exact) mass is 332 g/mol. The second-order valence-electron chi connectivity index (χ2n) is 6.45. The van der Waals surface area contributed by atoms with Crippen LogP contribution in [0.4, 0.5) is 4.39 Å². The van der Waals surface area contributed by atoms with Crippen molar-refractivity contribution in [3.05, 3.63) is 30.1 Å². The van der Waals surface area contributed by atoms with Gasteiger partial charge in [-0.25, -0.2) is 4.39 Å². The maximum absolute atomic E-state index is 13.9. The van der Waals surface area contributed by atoms with Crippen molar-refractivity contribution in [2.45, 2.75) is 31.2 Å². The Kier molecular flexibility index (Phi) is 3.47. The lowest BCUT2D eigenvalue weighted by molar-refractivity contribution is -0.137. The van der Waals surface area contributed by atoms with Gasteiger partial charge in [0.25, 0.3) is 11.8 Å². The zero-order valence-electron chi connectivity index (χ0n) is 12.9. The van der Waals surface area contributed by atoms with E-state index in [4.69, 9.17) is 4.84 Å². The molecule has 8 heteroatoms. The Bertz CT molecular complexity index is 705. The number of pyridine rings is 1. The minimum Gasteiger partial charge on any atom is -0.389 e. The first-order valence-electron chi connectivity index (χ1n) is 7.96. The summed E-state index contributed by atoms with van der Waals surface area (Å²) in [7, 11) is 0. The predicted molar refractivity (Wildman–Crippen MR) is 81.5 cm³/mol. The number of halogens is 1. The van der Waals surface area contributed by atoms with Crippen LogP contribution in [-0.4, -0.2) is 52.3 Å². The van der Waals surface area contributed by atoms with Crippen LogP contribution in [0.25, 0.3) is 0 Å². The number of carbonyl (C=O) groups excluding carboxylic acids is 2. The molecule has 2 fully saturated rings. The lowest BCUT2D eigenvalue weighted by Crippen LogP contribution is -2.39. The van der Waals surface area contributed by atoms with Gasteiger partial charge in [-0.3, -0.25) is 14.6 Å². The molecule has 0 radical (unpaired) electrons. The Hall–Kier alpha value is -2.51. The van der Waals surface area contributed by atoms with Crippen LogP contribution in [0.5, 0.6) is 0 Å². The number of rotatable bonds is 4. The van der Waals surface area contributed by atoms with Gasteiger partial charge in [0.05, 0.1) is 12.5 Å². The zero-order chi connectivity index (χ0) is 16.7. The summed E-state index contributed by atoms with van der Waals surface area (Å²) in [6, 6.07) is 3.65. The van der Waals surface area contributed by atoms with Crippen LogP contribution < -0.4 is 5.32 Å². The molecule has 126 valence electrons. The maximum Gasteiger partial charge on any atom is 0.269 e. The van der Waals surface area contributed by atoms with Crippen molar-refractivity contribution in [1.82, 2.24) is 15.2 Å². The largest absolute Gasteiger partial charge is 0.389 e. The van der Waals surface area contributed by atoms with Crippen LogP contribution in [0.2, 0.25) is 0 Å². The summed E-state index contributed by atoms with van der Waals surface area (Å²) in [6.07, 6.45) is 3.53. The normalized spacial score (nSPS) is 26.4. The van der Waals surface area contributed by atoms with Gasteiger partial charge in [-0.1, -0.05) is 11.2 Å². The Morgan fingerprint density at radius 1 is 1.42 bits per heavy atom. The van der Waals surface area contributed by atoms with Crippen LogP contribution in [0.15, 0.2) is 29.7 Å². The van der Waals surface area contributed by atoms with E-state index in [1.165, 1.54) is 4.90 Å². The molecule has 0 spiro atoms. The van der Waals surface area contributed by atoms with Crippen LogP contribution in [0, 0.1) is 5.92 Å². The molecule has 0 aromatic carbocycles. The first-order chi connectivity index (χ1) is 11.6. The molecule has 1 saturated heterocycles. The molecule has 2 aliphatic heterocycles. The molecule has 24 heavy (non-hydrogen) atoms. The van der Waals surface area contributed by atoms with Crippen LogP contribution in [-0.2, 0) is 21.0 Å². The summed E-state index contributed by atoms with van der Waals surface area (Å²) in [5.41, 5.74) is -0.556. The first kappa shape index (κ1) is 15.0. The van der Waals surface area contributed by atoms with E-state index in [1.807, 2.05) is 6.07 Å². The van der Waals surface area contributed by atoms with Crippen LogP contribution >= 0.6 is 0 Å². The molecule has 1 aliphatic carbocycles. The molecule has 1 aromatic rings. The quantitative estimate of drug-likeness (QED) is 0.866. The Balaban J connectivity index is 1.37. The maximum atomic E-state index is 13.9. The summed E-state index contributed by atoms with van der Waals surface area (Å²) in [5.74, 6) is -1.12. The fourth-order valence-corrected chi connectivity index (χ4v) is 3.09. The van der Waals surface area contributed by atoms with Gasteiger partial charge < -0.3 is 15.1 Å². The number of likely N-dealkylation sites (tertiary alicyclic amines) is 1. The summed E-state index contributed by atoms with van der Waals surface area (Å²) in [6.45, 7) is 0.881. The van der Waals surface area contributed by atoms with E-state index in [2.05, 4.69) is 15.5 Å². The highest BCUT2D eigenvalue weighted by molar-refractivity contribution is 6.40. The Morgan fingerprint density at radius 2 is 2.25 bits per heavy atom. The Labute approximate surface area is 137 Å². The van der Waals surface area contributed by atoms with E-state index in [-0.39, 0.29) is 49.6 Å². The second kappa shape index (κ2) is 5.54. The van der Waals surface area contributed by atoms with E-state index in [0.717, 1.165) is 5.56 Å². The van der Waals surface area contributed by atoms with Crippen molar-refractivity contribution in [3.8, 4) is 0 Å². The molecule has 1 saturated carbocycles. The van der Waals surface area contributed by atoms with Gasteiger partial charge in [0.15, 0.2) is 17.5 Å². The van der Waals surface area contributed by atoms with Crippen molar-refractivity contribution in [1.29, 1.82) is 0 Å². The Morgan fingerprint density at radius 3 is 2.96 bits per heavy atom. The topological polar surface area (TPSA) is 83.9 Å². The minimum absolute atomic E-state index is 0.267. The van der Waals surface area contributed by atoms with Crippen molar-refractivity contribution in [3.63, 3.8) is 0 Å². The van der Waals surface area contributed by atoms with Gasteiger partial charge in [0.1, 0.15) is 0 Å². The first-order valence-corrected chi connectivity index (χ1v) is 7.96. The molecule has 3 aliphatic rings. The number of hydrogen-bond donors (Lipinski definition) is 1. The summed E-state index contributed by atoms with van der Waals surface area (Å²) in [5, 5.41) is 6.63. The molecule has 2 amide bonds. The number of amides is 2. The fraction of sp³-hybridized carbons (Fsp3) is 0.500. The van der Waals surface area contributed by atoms with E-state index >= 15 is 0 Å². The highest BCUT2D eigenvalue weighted by Gasteiger charge is 2.56. The van der Waals surface area contributed by atoms with E-state index in [1.54, 1.807) is 18.5 Å². The molecule has 0 bridgehead atoms. The third kappa shape index (κ3) is 2.61. The lowest BCUT2D eigenvalue weighted by atomic mass is 10.0. The SMILES string of the molecule is O=C(NCc1cccnc1)C1=NO[C@@H]2CN(C(=O)C3(F)CC3)C[C@H]12. The molecule has 1 aromatic heterocycles. The number of alkyl halides is 1. The minimum atomic E-state index is -1.70. The summed E-state index contributed by atoms with van der Waals surface area (Å²) < 4.78 is 13.9. The zero-order valence-corrected chi connectivity index (χ0v) is 12.9. The highest BCUT2D eigenvalue weighted by Crippen LogP contribution is 2.43. The highest BCUT2D eigenvalue weighted by atomic mass is 19.1. The van der Waals surface area contributed by atoms with Crippen molar-refractivity contribution < 1.29 is 18.8 Å². The van der Waals surface area contributed by atoms with E-state index < -0.39 is 11.6 Å². The van der Waals surface area contributed by atoms with Gasteiger partial charge in [0.2, 0.25) is 0 Å². The smallest absolute Gasteiger partial charge is 0.269 e. The van der Waals surface area contributed by atoms with Crippen LogP contribution in [0.1, 0.15) is 18.4 Å². The number of carbonyl (C=O) groups is 2. The third-order valence-corrected chi connectivity index (χ3v) is 4.67. The van der Waals surface area contributed by atoms with Gasteiger partial charge in [0, 0.05) is 25.5 Å². The average Bonchev–Trinajstić information content (AvgIpc) is 3.04. The number of fused-ring (bicyclic) bond motifs is 1. The van der Waals surface area contributed by atoms with Gasteiger partial charge >= 0.3 is 0 Å². The van der Waals surface area contributed by atoms with Crippen molar-refractivity contribution in [2.75, 3.05) is 13.1 Å². The molecule has 2 atom stereocenters. The van der Waals surface area contributed by atoms with Crippen molar-refractivity contribution in [2.24, 2.45) is 11.1 Å². The third-order valence-electron chi connectivity index (χ3n) is 4.67. The second-order valence-corrected chi connectivity index (χ2v) is 6.45. The van der Waals surface area contributed by atoms with Crippen LogP contribution in [0.3, 0.4) is 0 Å². The van der Waals surface area contributed by atoms with E-state index in [9.17, 15) is 14.0 Å². The fourth-order valence-electron chi connectivity index (χ4n) is 3.09. The summed E-state index contributed by atoms with van der Waals surface area (Å²) in [4.78, 5) is 35.1.